The zero-order valence-electron chi connectivity index (χ0n) is 12.9. The standard InChI is InChI=1S/C16H16ClNO4S/c1-9-6-12(10(2)23-9)16(20)22-8-15(19)18-11-4-5-14(21-3)13(17)7-11/h4-7H,8H2,1-3H3,(H,18,19). The molecule has 0 fully saturated rings. The molecular formula is C16H16ClNO4S. The van der Waals surface area contributed by atoms with Crippen LogP contribution in [0, 0.1) is 13.8 Å². The van der Waals surface area contributed by atoms with Crippen LogP contribution in [0.25, 0.3) is 0 Å². The number of rotatable bonds is 5. The van der Waals surface area contributed by atoms with E-state index in [1.807, 2.05) is 13.8 Å². The molecule has 1 aromatic heterocycles. The predicted octanol–water partition coefficient (Wildman–Crippen LogP) is 3.82. The van der Waals surface area contributed by atoms with Crippen LogP contribution in [0.4, 0.5) is 5.69 Å². The molecule has 0 bridgehead atoms. The quantitative estimate of drug-likeness (QED) is 0.830. The van der Waals surface area contributed by atoms with Gasteiger partial charge in [0.05, 0.1) is 17.7 Å². The van der Waals surface area contributed by atoms with E-state index in [2.05, 4.69) is 5.32 Å². The van der Waals surface area contributed by atoms with E-state index in [-0.39, 0.29) is 6.61 Å². The van der Waals surface area contributed by atoms with Gasteiger partial charge in [0.1, 0.15) is 5.75 Å². The fourth-order valence-electron chi connectivity index (χ4n) is 1.98. The highest BCUT2D eigenvalue weighted by molar-refractivity contribution is 7.12. The van der Waals surface area contributed by atoms with Crippen molar-refractivity contribution in [2.75, 3.05) is 19.0 Å². The monoisotopic (exact) mass is 353 g/mol. The molecular weight excluding hydrogens is 338 g/mol. The first-order valence-electron chi connectivity index (χ1n) is 6.78. The maximum absolute atomic E-state index is 11.9. The summed E-state index contributed by atoms with van der Waals surface area (Å²) in [6, 6.07) is 6.61. The van der Waals surface area contributed by atoms with Crippen molar-refractivity contribution in [3.8, 4) is 5.75 Å². The fourth-order valence-corrected chi connectivity index (χ4v) is 3.15. The van der Waals surface area contributed by atoms with Gasteiger partial charge >= 0.3 is 5.97 Å². The molecule has 0 aliphatic rings. The summed E-state index contributed by atoms with van der Waals surface area (Å²) in [4.78, 5) is 25.7. The van der Waals surface area contributed by atoms with Gasteiger partial charge in [-0.2, -0.15) is 0 Å². The second-order valence-electron chi connectivity index (χ2n) is 4.80. The number of hydrogen-bond donors (Lipinski definition) is 1. The highest BCUT2D eigenvalue weighted by atomic mass is 35.5. The summed E-state index contributed by atoms with van der Waals surface area (Å²) in [7, 11) is 1.51. The van der Waals surface area contributed by atoms with Crippen LogP contribution in [0.1, 0.15) is 20.1 Å². The van der Waals surface area contributed by atoms with Crippen LogP contribution < -0.4 is 10.1 Å². The Kier molecular flexibility index (Phi) is 5.63. The number of amides is 1. The van der Waals surface area contributed by atoms with Crippen molar-refractivity contribution >= 4 is 40.5 Å². The number of halogens is 1. The summed E-state index contributed by atoms with van der Waals surface area (Å²) >= 11 is 7.49. The average molecular weight is 354 g/mol. The minimum absolute atomic E-state index is 0.364. The van der Waals surface area contributed by atoms with Crippen molar-refractivity contribution in [2.45, 2.75) is 13.8 Å². The Hall–Kier alpha value is -2.05. The Morgan fingerprint density at radius 1 is 1.26 bits per heavy atom. The number of methoxy groups -OCH3 is 1. The Balaban J connectivity index is 1.91. The first-order chi connectivity index (χ1) is 10.9. The van der Waals surface area contributed by atoms with Crippen LogP contribution in [-0.2, 0) is 9.53 Å². The summed E-state index contributed by atoms with van der Waals surface area (Å²) in [5, 5.41) is 2.99. The van der Waals surface area contributed by atoms with Crippen LogP contribution in [0.2, 0.25) is 5.02 Å². The molecule has 23 heavy (non-hydrogen) atoms. The number of thiophene rings is 1. The maximum atomic E-state index is 11.9. The van der Waals surface area contributed by atoms with E-state index in [1.54, 1.807) is 24.3 Å². The van der Waals surface area contributed by atoms with Crippen molar-refractivity contribution in [1.82, 2.24) is 0 Å². The molecule has 0 aliphatic carbocycles. The molecule has 0 aliphatic heterocycles. The van der Waals surface area contributed by atoms with E-state index >= 15 is 0 Å². The minimum atomic E-state index is -0.505. The number of carbonyl (C=O) groups is 2. The van der Waals surface area contributed by atoms with Crippen molar-refractivity contribution < 1.29 is 19.1 Å². The van der Waals surface area contributed by atoms with Crippen LogP contribution in [0.3, 0.4) is 0 Å². The van der Waals surface area contributed by atoms with E-state index in [9.17, 15) is 9.59 Å². The van der Waals surface area contributed by atoms with Crippen LogP contribution in [0.15, 0.2) is 24.3 Å². The van der Waals surface area contributed by atoms with Crippen molar-refractivity contribution in [1.29, 1.82) is 0 Å². The molecule has 0 saturated heterocycles. The van der Waals surface area contributed by atoms with Gasteiger partial charge < -0.3 is 14.8 Å². The molecule has 2 aromatic rings. The van der Waals surface area contributed by atoms with Gasteiger partial charge in [-0.1, -0.05) is 11.6 Å². The Bertz CT molecular complexity index is 742. The molecule has 0 unspecified atom stereocenters. The molecule has 0 saturated carbocycles. The van der Waals surface area contributed by atoms with Gasteiger partial charge in [-0.15, -0.1) is 11.3 Å². The SMILES string of the molecule is COc1ccc(NC(=O)COC(=O)c2cc(C)sc2C)cc1Cl. The molecule has 1 N–H and O–H groups in total. The van der Waals surface area contributed by atoms with E-state index in [0.717, 1.165) is 9.75 Å². The zero-order valence-corrected chi connectivity index (χ0v) is 14.5. The average Bonchev–Trinajstić information content (AvgIpc) is 2.84. The van der Waals surface area contributed by atoms with Crippen molar-refractivity contribution in [3.05, 3.63) is 44.6 Å². The topological polar surface area (TPSA) is 64.6 Å². The van der Waals surface area contributed by atoms with Crippen LogP contribution in [0.5, 0.6) is 5.75 Å². The molecule has 1 aromatic carbocycles. The van der Waals surface area contributed by atoms with Crippen molar-refractivity contribution in [2.24, 2.45) is 0 Å². The zero-order chi connectivity index (χ0) is 17.0. The number of aryl methyl sites for hydroxylation is 2. The number of nitrogens with one attached hydrogen (secondary N) is 1. The van der Waals surface area contributed by atoms with Crippen molar-refractivity contribution in [3.63, 3.8) is 0 Å². The van der Waals surface area contributed by atoms with Gasteiger partial charge in [-0.05, 0) is 38.1 Å². The molecule has 1 amide bonds. The van der Waals surface area contributed by atoms with Gasteiger partial charge in [-0.3, -0.25) is 4.79 Å². The lowest BCUT2D eigenvalue weighted by Gasteiger charge is -2.08. The molecule has 0 radical (unpaired) electrons. The Morgan fingerprint density at radius 3 is 2.57 bits per heavy atom. The number of anilines is 1. The molecule has 122 valence electrons. The normalized spacial score (nSPS) is 10.3. The summed E-state index contributed by atoms with van der Waals surface area (Å²) in [6.45, 7) is 3.39. The lowest BCUT2D eigenvalue weighted by atomic mass is 10.2. The number of ether oxygens (including phenoxy) is 2. The molecule has 0 atom stereocenters. The van der Waals surface area contributed by atoms with Gasteiger partial charge in [0.25, 0.3) is 5.91 Å². The Labute approximate surface area is 143 Å². The minimum Gasteiger partial charge on any atom is -0.495 e. The molecule has 0 spiro atoms. The first-order valence-corrected chi connectivity index (χ1v) is 7.97. The number of esters is 1. The molecule has 7 heteroatoms. The fraction of sp³-hybridized carbons (Fsp3) is 0.250. The van der Waals surface area contributed by atoms with E-state index in [4.69, 9.17) is 21.1 Å². The highest BCUT2D eigenvalue weighted by Crippen LogP contribution is 2.27. The highest BCUT2D eigenvalue weighted by Gasteiger charge is 2.15. The van der Waals surface area contributed by atoms with Crippen LogP contribution >= 0.6 is 22.9 Å². The van der Waals surface area contributed by atoms with Gasteiger partial charge in [-0.25, -0.2) is 4.79 Å². The number of benzene rings is 1. The first kappa shape index (κ1) is 17.3. The summed E-state index contributed by atoms with van der Waals surface area (Å²) in [6.07, 6.45) is 0. The molecule has 1 heterocycles. The summed E-state index contributed by atoms with van der Waals surface area (Å²) in [5.74, 6) is -0.432. The summed E-state index contributed by atoms with van der Waals surface area (Å²) < 4.78 is 10.1. The van der Waals surface area contributed by atoms with Gasteiger partial charge in [0.2, 0.25) is 0 Å². The van der Waals surface area contributed by atoms with E-state index < -0.39 is 11.9 Å². The van der Waals surface area contributed by atoms with E-state index in [1.165, 1.54) is 18.4 Å². The second kappa shape index (κ2) is 7.48. The summed E-state index contributed by atoms with van der Waals surface area (Å²) in [5.41, 5.74) is 0.993. The van der Waals surface area contributed by atoms with Gasteiger partial charge in [0, 0.05) is 15.4 Å². The van der Waals surface area contributed by atoms with E-state index in [0.29, 0.717) is 22.0 Å². The Morgan fingerprint density at radius 2 is 2.00 bits per heavy atom. The second-order valence-corrected chi connectivity index (χ2v) is 6.67. The van der Waals surface area contributed by atoms with Crippen LogP contribution in [-0.4, -0.2) is 25.6 Å². The largest absolute Gasteiger partial charge is 0.495 e. The predicted molar refractivity (Wildman–Crippen MR) is 90.7 cm³/mol. The maximum Gasteiger partial charge on any atom is 0.339 e. The third kappa shape index (κ3) is 4.46. The van der Waals surface area contributed by atoms with Gasteiger partial charge in [0.15, 0.2) is 6.61 Å². The number of hydrogen-bond acceptors (Lipinski definition) is 5. The third-order valence-electron chi connectivity index (χ3n) is 3.03. The third-order valence-corrected chi connectivity index (χ3v) is 4.29. The molecule has 2 rings (SSSR count). The smallest absolute Gasteiger partial charge is 0.339 e. The molecule has 5 nitrogen and oxygen atoms in total. The number of carbonyl (C=O) groups excluding carboxylic acids is 2. The lowest BCUT2D eigenvalue weighted by Crippen LogP contribution is -2.21. The lowest BCUT2D eigenvalue weighted by molar-refractivity contribution is -0.119.